The predicted molar refractivity (Wildman–Crippen MR) is 90.6 cm³/mol. The third-order valence-electron chi connectivity index (χ3n) is 3.29. The maximum atomic E-state index is 12.2. The SMILES string of the molecule is CCOc1cccc(C=CC(=O)c2ccc([N+](=O)[O-])cc2)c1OC. The fourth-order valence-corrected chi connectivity index (χ4v) is 2.16. The molecule has 0 fully saturated rings. The highest BCUT2D eigenvalue weighted by molar-refractivity contribution is 6.07. The van der Waals surface area contributed by atoms with Gasteiger partial charge >= 0.3 is 0 Å². The number of nitro groups is 1. The Labute approximate surface area is 139 Å². The maximum Gasteiger partial charge on any atom is 0.269 e. The zero-order chi connectivity index (χ0) is 17.5. The van der Waals surface area contributed by atoms with Crippen molar-refractivity contribution in [2.45, 2.75) is 6.92 Å². The van der Waals surface area contributed by atoms with Crippen LogP contribution in [0.1, 0.15) is 22.8 Å². The molecule has 0 aliphatic heterocycles. The van der Waals surface area contributed by atoms with Crippen LogP contribution in [0.2, 0.25) is 0 Å². The van der Waals surface area contributed by atoms with Crippen LogP contribution < -0.4 is 9.47 Å². The lowest BCUT2D eigenvalue weighted by Crippen LogP contribution is -1.98. The normalized spacial score (nSPS) is 10.6. The summed E-state index contributed by atoms with van der Waals surface area (Å²) in [4.78, 5) is 22.3. The van der Waals surface area contributed by atoms with E-state index in [1.54, 1.807) is 18.2 Å². The molecule has 2 aromatic carbocycles. The number of carbonyl (C=O) groups excluding carboxylic acids is 1. The van der Waals surface area contributed by atoms with E-state index in [9.17, 15) is 14.9 Å². The summed E-state index contributed by atoms with van der Waals surface area (Å²) in [5.41, 5.74) is 1.03. The Morgan fingerprint density at radius 3 is 2.50 bits per heavy atom. The van der Waals surface area contributed by atoms with E-state index in [-0.39, 0.29) is 11.5 Å². The van der Waals surface area contributed by atoms with Gasteiger partial charge in [-0.1, -0.05) is 12.1 Å². The highest BCUT2D eigenvalue weighted by Gasteiger charge is 2.10. The Morgan fingerprint density at radius 2 is 1.92 bits per heavy atom. The number of ether oxygens (including phenoxy) is 2. The molecule has 6 heteroatoms. The minimum Gasteiger partial charge on any atom is -0.492 e. The molecule has 124 valence electrons. The molecule has 0 aromatic heterocycles. The first-order valence-corrected chi connectivity index (χ1v) is 7.33. The second kappa shape index (κ2) is 7.92. The van der Waals surface area contributed by atoms with Crippen molar-refractivity contribution in [3.63, 3.8) is 0 Å². The number of methoxy groups -OCH3 is 1. The highest BCUT2D eigenvalue weighted by Crippen LogP contribution is 2.32. The van der Waals surface area contributed by atoms with Crippen molar-refractivity contribution in [1.29, 1.82) is 0 Å². The lowest BCUT2D eigenvalue weighted by molar-refractivity contribution is -0.384. The van der Waals surface area contributed by atoms with E-state index < -0.39 is 4.92 Å². The van der Waals surface area contributed by atoms with Gasteiger partial charge in [-0.3, -0.25) is 14.9 Å². The molecule has 0 radical (unpaired) electrons. The third kappa shape index (κ3) is 3.98. The number of hydrogen-bond acceptors (Lipinski definition) is 5. The summed E-state index contributed by atoms with van der Waals surface area (Å²) < 4.78 is 10.8. The van der Waals surface area contributed by atoms with E-state index in [0.29, 0.717) is 29.2 Å². The molecule has 0 bridgehead atoms. The Hall–Kier alpha value is -3.15. The third-order valence-corrected chi connectivity index (χ3v) is 3.29. The first kappa shape index (κ1) is 17.2. The topological polar surface area (TPSA) is 78.7 Å². The van der Waals surface area contributed by atoms with Crippen molar-refractivity contribution in [2.75, 3.05) is 13.7 Å². The molecule has 0 heterocycles. The van der Waals surface area contributed by atoms with Crippen molar-refractivity contribution in [3.8, 4) is 11.5 Å². The molecule has 0 saturated heterocycles. The van der Waals surface area contributed by atoms with E-state index in [0.717, 1.165) is 0 Å². The molecule has 0 N–H and O–H groups in total. The zero-order valence-corrected chi connectivity index (χ0v) is 13.4. The van der Waals surface area contributed by atoms with Crippen LogP contribution in [0, 0.1) is 10.1 Å². The van der Waals surface area contributed by atoms with Crippen LogP contribution in [0.3, 0.4) is 0 Å². The van der Waals surface area contributed by atoms with Gasteiger partial charge in [-0.2, -0.15) is 0 Å². The Balaban J connectivity index is 2.22. The van der Waals surface area contributed by atoms with Gasteiger partial charge < -0.3 is 9.47 Å². The van der Waals surface area contributed by atoms with E-state index >= 15 is 0 Å². The van der Waals surface area contributed by atoms with Crippen LogP contribution in [0.25, 0.3) is 6.08 Å². The van der Waals surface area contributed by atoms with Crippen LogP contribution in [0.15, 0.2) is 48.5 Å². The number of nitro benzene ring substituents is 1. The summed E-state index contributed by atoms with van der Waals surface area (Å²) in [5, 5.41) is 10.6. The fraction of sp³-hybridized carbons (Fsp3) is 0.167. The van der Waals surface area contributed by atoms with E-state index in [1.165, 1.54) is 37.5 Å². The van der Waals surface area contributed by atoms with Crippen molar-refractivity contribution in [1.82, 2.24) is 0 Å². The molecule has 0 aliphatic rings. The molecule has 0 amide bonds. The van der Waals surface area contributed by atoms with Gasteiger partial charge in [0.15, 0.2) is 17.3 Å². The molecule has 2 rings (SSSR count). The van der Waals surface area contributed by atoms with E-state index in [2.05, 4.69) is 0 Å². The average Bonchev–Trinajstić information content (AvgIpc) is 2.60. The summed E-state index contributed by atoms with van der Waals surface area (Å²) in [7, 11) is 1.54. The minimum atomic E-state index is -0.506. The second-order valence-electron chi connectivity index (χ2n) is 4.81. The van der Waals surface area contributed by atoms with Crippen LogP contribution in [-0.4, -0.2) is 24.4 Å². The molecule has 0 unspecified atom stereocenters. The van der Waals surface area contributed by atoms with Gasteiger partial charge in [-0.25, -0.2) is 0 Å². The smallest absolute Gasteiger partial charge is 0.269 e. The van der Waals surface area contributed by atoms with Gasteiger partial charge in [0.2, 0.25) is 0 Å². The van der Waals surface area contributed by atoms with Crippen LogP contribution in [0.4, 0.5) is 5.69 Å². The molecular formula is C18H17NO5. The van der Waals surface area contributed by atoms with Crippen LogP contribution >= 0.6 is 0 Å². The molecule has 0 spiro atoms. The first-order valence-electron chi connectivity index (χ1n) is 7.33. The molecule has 24 heavy (non-hydrogen) atoms. The van der Waals surface area contributed by atoms with Crippen molar-refractivity contribution >= 4 is 17.5 Å². The number of non-ortho nitro benzene ring substituents is 1. The number of allylic oxidation sites excluding steroid dienone is 1. The van der Waals surface area contributed by atoms with Crippen molar-refractivity contribution in [2.24, 2.45) is 0 Å². The Morgan fingerprint density at radius 1 is 1.21 bits per heavy atom. The largest absolute Gasteiger partial charge is 0.492 e. The van der Waals surface area contributed by atoms with E-state index in [4.69, 9.17) is 9.47 Å². The Kier molecular flexibility index (Phi) is 5.68. The lowest BCUT2D eigenvalue weighted by Gasteiger charge is -2.11. The minimum absolute atomic E-state index is 0.0541. The summed E-state index contributed by atoms with van der Waals surface area (Å²) in [6, 6.07) is 10.9. The summed E-state index contributed by atoms with van der Waals surface area (Å²) in [6.45, 7) is 2.38. The maximum absolute atomic E-state index is 12.2. The predicted octanol–water partition coefficient (Wildman–Crippen LogP) is 3.90. The molecular weight excluding hydrogens is 310 g/mol. The second-order valence-corrected chi connectivity index (χ2v) is 4.81. The van der Waals surface area contributed by atoms with Gasteiger partial charge in [0.25, 0.3) is 5.69 Å². The summed E-state index contributed by atoms with van der Waals surface area (Å²) in [6.07, 6.45) is 3.03. The highest BCUT2D eigenvalue weighted by atomic mass is 16.6. The summed E-state index contributed by atoms with van der Waals surface area (Å²) >= 11 is 0. The number of rotatable bonds is 7. The summed E-state index contributed by atoms with van der Waals surface area (Å²) in [5.74, 6) is 0.894. The lowest BCUT2D eigenvalue weighted by atomic mass is 10.1. The number of para-hydroxylation sites is 1. The number of hydrogen-bond donors (Lipinski definition) is 0. The van der Waals surface area contributed by atoms with Gasteiger partial charge in [0, 0.05) is 23.3 Å². The van der Waals surface area contributed by atoms with Crippen molar-refractivity contribution < 1.29 is 19.2 Å². The van der Waals surface area contributed by atoms with E-state index in [1.807, 2.05) is 13.0 Å². The number of carbonyl (C=O) groups is 1. The quantitative estimate of drug-likeness (QED) is 0.333. The number of benzene rings is 2. The Bertz CT molecular complexity index is 765. The number of ketones is 1. The monoisotopic (exact) mass is 327 g/mol. The van der Waals surface area contributed by atoms with Crippen LogP contribution in [-0.2, 0) is 0 Å². The molecule has 0 atom stereocenters. The standard InChI is InChI=1S/C18H17NO5/c1-3-24-17-6-4-5-14(18(17)23-2)9-12-16(20)13-7-10-15(11-8-13)19(21)22/h4-12H,3H2,1-2H3. The van der Waals surface area contributed by atoms with Gasteiger partial charge in [-0.15, -0.1) is 0 Å². The van der Waals surface area contributed by atoms with Gasteiger partial charge in [-0.05, 0) is 37.3 Å². The number of nitrogens with zero attached hydrogens (tertiary/aromatic N) is 1. The average molecular weight is 327 g/mol. The first-order chi connectivity index (χ1) is 11.6. The van der Waals surface area contributed by atoms with Gasteiger partial charge in [0.1, 0.15) is 0 Å². The molecule has 0 aliphatic carbocycles. The van der Waals surface area contributed by atoms with Crippen molar-refractivity contribution in [3.05, 3.63) is 69.8 Å². The molecule has 0 saturated carbocycles. The molecule has 6 nitrogen and oxygen atoms in total. The zero-order valence-electron chi connectivity index (χ0n) is 13.4. The van der Waals surface area contributed by atoms with Gasteiger partial charge in [0.05, 0.1) is 18.6 Å². The molecule has 2 aromatic rings. The fourth-order valence-electron chi connectivity index (χ4n) is 2.16. The van der Waals surface area contributed by atoms with Crippen LogP contribution in [0.5, 0.6) is 11.5 Å².